The first kappa shape index (κ1) is 14.6. The molecule has 1 aromatic heterocycles. The van der Waals surface area contributed by atoms with Gasteiger partial charge in [-0.3, -0.25) is 4.79 Å². The van der Waals surface area contributed by atoms with E-state index in [1.807, 2.05) is 31.2 Å². The molecule has 1 amide bonds. The fraction of sp³-hybridized carbons (Fsp3) is 0.200. The molecule has 3 rings (SSSR count). The molecule has 3 N–H and O–H groups in total. The molecule has 1 aliphatic rings. The first-order chi connectivity index (χ1) is 9.94. The Morgan fingerprint density at radius 2 is 2.05 bits per heavy atom. The number of nitrogens with two attached hydrogens (primary N) is 1. The van der Waals surface area contributed by atoms with Crippen LogP contribution in [0.3, 0.4) is 0 Å². The summed E-state index contributed by atoms with van der Waals surface area (Å²) in [5, 5.41) is 3.74. The summed E-state index contributed by atoms with van der Waals surface area (Å²) in [6, 6.07) is 7.34. The maximum Gasteiger partial charge on any atom is 0.245 e. The zero-order valence-electron chi connectivity index (χ0n) is 11.6. The highest BCUT2D eigenvalue weighted by atomic mass is 79.9. The van der Waals surface area contributed by atoms with Gasteiger partial charge in [-0.1, -0.05) is 11.8 Å². The monoisotopic (exact) mass is 363 g/mol. The number of aryl methyl sites for hydroxylation is 2. The number of anilines is 1. The number of fused-ring (bicyclic) bond motifs is 1. The number of pyridine rings is 1. The summed E-state index contributed by atoms with van der Waals surface area (Å²) in [5.74, 6) is -0.163. The number of hydrogen-bond acceptors (Lipinski definition) is 4. The number of aromatic nitrogens is 1. The molecule has 0 aliphatic carbocycles. The molecule has 6 heteroatoms. The standard InChI is InChI=1S/C15H14BrN3OS/c1-7-3-8(2)18-13(4-7)21-12-6-11-9(5-10(12)16)14(17)15(20)19-11/h3-6,14H,17H2,1-2H3,(H,19,20). The lowest BCUT2D eigenvalue weighted by atomic mass is 10.1. The molecule has 2 aromatic rings. The minimum atomic E-state index is -0.588. The third-order valence-corrected chi connectivity index (χ3v) is 5.16. The van der Waals surface area contributed by atoms with Crippen molar-refractivity contribution in [2.45, 2.75) is 29.8 Å². The van der Waals surface area contributed by atoms with Crippen LogP contribution in [0.1, 0.15) is 22.9 Å². The summed E-state index contributed by atoms with van der Waals surface area (Å²) >= 11 is 5.11. The molecule has 0 bridgehead atoms. The first-order valence-corrected chi connectivity index (χ1v) is 8.08. The number of nitrogens with zero attached hydrogens (tertiary/aromatic N) is 1. The molecule has 2 heterocycles. The Morgan fingerprint density at radius 3 is 2.76 bits per heavy atom. The Bertz CT molecular complexity index is 728. The van der Waals surface area contributed by atoms with Crippen molar-refractivity contribution in [2.75, 3.05) is 5.32 Å². The summed E-state index contributed by atoms with van der Waals surface area (Å²) < 4.78 is 0.916. The number of carbonyl (C=O) groups is 1. The highest BCUT2D eigenvalue weighted by Gasteiger charge is 2.28. The number of nitrogens with one attached hydrogen (secondary N) is 1. The minimum Gasteiger partial charge on any atom is -0.324 e. The maximum atomic E-state index is 11.6. The van der Waals surface area contributed by atoms with Crippen LogP contribution < -0.4 is 11.1 Å². The van der Waals surface area contributed by atoms with Crippen LogP contribution in [0.4, 0.5) is 5.69 Å². The van der Waals surface area contributed by atoms with Crippen LogP contribution in [0.2, 0.25) is 0 Å². The molecule has 4 nitrogen and oxygen atoms in total. The number of carbonyl (C=O) groups excluding carboxylic acids is 1. The topological polar surface area (TPSA) is 68.0 Å². The molecule has 108 valence electrons. The fourth-order valence-electron chi connectivity index (χ4n) is 2.33. The summed E-state index contributed by atoms with van der Waals surface area (Å²) in [4.78, 5) is 17.2. The SMILES string of the molecule is Cc1cc(C)nc(Sc2cc3c(cc2Br)C(N)C(=O)N3)c1. The van der Waals surface area contributed by atoms with E-state index in [1.165, 1.54) is 5.56 Å². The van der Waals surface area contributed by atoms with Crippen molar-refractivity contribution in [3.05, 3.63) is 45.6 Å². The van der Waals surface area contributed by atoms with E-state index in [0.717, 1.165) is 31.3 Å². The molecular formula is C15H14BrN3OS. The molecule has 1 aliphatic heterocycles. The van der Waals surface area contributed by atoms with Crippen LogP contribution in [-0.4, -0.2) is 10.9 Å². The van der Waals surface area contributed by atoms with Crippen LogP contribution in [0, 0.1) is 13.8 Å². The van der Waals surface area contributed by atoms with Gasteiger partial charge >= 0.3 is 0 Å². The molecule has 1 unspecified atom stereocenters. The van der Waals surface area contributed by atoms with Gasteiger partial charge in [0.25, 0.3) is 0 Å². The summed E-state index contributed by atoms with van der Waals surface area (Å²) in [6.07, 6.45) is 0. The smallest absolute Gasteiger partial charge is 0.245 e. The third-order valence-electron chi connectivity index (χ3n) is 3.27. The molecule has 0 fully saturated rings. The number of rotatable bonds is 2. The molecule has 0 radical (unpaired) electrons. The van der Waals surface area contributed by atoms with Crippen molar-refractivity contribution in [1.82, 2.24) is 4.98 Å². The van der Waals surface area contributed by atoms with E-state index in [-0.39, 0.29) is 5.91 Å². The molecule has 1 aromatic carbocycles. The predicted molar refractivity (Wildman–Crippen MR) is 87.5 cm³/mol. The van der Waals surface area contributed by atoms with Crippen molar-refractivity contribution in [3.63, 3.8) is 0 Å². The molecule has 0 saturated carbocycles. The number of hydrogen-bond donors (Lipinski definition) is 2. The summed E-state index contributed by atoms with van der Waals surface area (Å²) in [6.45, 7) is 4.03. The number of halogens is 1. The largest absolute Gasteiger partial charge is 0.324 e. The highest BCUT2D eigenvalue weighted by molar-refractivity contribution is 9.10. The minimum absolute atomic E-state index is 0.163. The van der Waals surface area contributed by atoms with Crippen molar-refractivity contribution in [3.8, 4) is 0 Å². The van der Waals surface area contributed by atoms with Gasteiger partial charge in [-0.2, -0.15) is 0 Å². The number of amides is 1. The Hall–Kier alpha value is -1.37. The fourth-order valence-corrected chi connectivity index (χ4v) is 3.93. The van der Waals surface area contributed by atoms with Gasteiger partial charge in [0.15, 0.2) is 0 Å². The van der Waals surface area contributed by atoms with Crippen LogP contribution in [-0.2, 0) is 4.79 Å². The second-order valence-corrected chi connectivity index (χ2v) is 6.98. The zero-order valence-corrected chi connectivity index (χ0v) is 14.0. The predicted octanol–water partition coefficient (Wildman–Crippen LogP) is 3.56. The molecular weight excluding hydrogens is 350 g/mol. The van der Waals surface area contributed by atoms with Crippen molar-refractivity contribution in [1.29, 1.82) is 0 Å². The Labute approximate surface area is 135 Å². The second-order valence-electron chi connectivity index (χ2n) is 5.06. The molecule has 0 saturated heterocycles. The van der Waals surface area contributed by atoms with Gasteiger partial charge < -0.3 is 11.1 Å². The van der Waals surface area contributed by atoms with E-state index >= 15 is 0 Å². The lowest BCUT2D eigenvalue weighted by molar-refractivity contribution is -0.116. The Kier molecular flexibility index (Phi) is 3.77. The maximum absolute atomic E-state index is 11.6. The average molecular weight is 364 g/mol. The molecule has 21 heavy (non-hydrogen) atoms. The Balaban J connectivity index is 1.97. The molecule has 1 atom stereocenters. The third kappa shape index (κ3) is 2.84. The second kappa shape index (κ2) is 5.44. The molecule has 0 spiro atoms. The van der Waals surface area contributed by atoms with Gasteiger partial charge in [-0.15, -0.1) is 0 Å². The van der Waals surface area contributed by atoms with Gasteiger partial charge in [-0.05, 0) is 59.6 Å². The van der Waals surface area contributed by atoms with Crippen molar-refractivity contribution >= 4 is 39.3 Å². The zero-order chi connectivity index (χ0) is 15.1. The average Bonchev–Trinajstić information content (AvgIpc) is 2.65. The van der Waals surface area contributed by atoms with Crippen LogP contribution in [0.15, 0.2) is 38.7 Å². The van der Waals surface area contributed by atoms with Gasteiger partial charge in [-0.25, -0.2) is 4.98 Å². The van der Waals surface area contributed by atoms with E-state index < -0.39 is 6.04 Å². The highest BCUT2D eigenvalue weighted by Crippen LogP contribution is 2.40. The quantitative estimate of drug-likeness (QED) is 0.855. The van der Waals surface area contributed by atoms with E-state index in [4.69, 9.17) is 5.73 Å². The summed E-state index contributed by atoms with van der Waals surface area (Å²) in [7, 11) is 0. The summed E-state index contributed by atoms with van der Waals surface area (Å²) in [5.41, 5.74) is 9.62. The van der Waals surface area contributed by atoms with Gasteiger partial charge in [0.05, 0.1) is 0 Å². The van der Waals surface area contributed by atoms with Gasteiger partial charge in [0.2, 0.25) is 5.91 Å². The van der Waals surface area contributed by atoms with Gasteiger partial charge in [0, 0.05) is 26.3 Å². The number of benzene rings is 1. The lowest BCUT2D eigenvalue weighted by Crippen LogP contribution is -2.19. The first-order valence-electron chi connectivity index (χ1n) is 6.47. The van der Waals surface area contributed by atoms with Crippen LogP contribution in [0.25, 0.3) is 0 Å². The normalized spacial score (nSPS) is 16.8. The van der Waals surface area contributed by atoms with Crippen LogP contribution in [0.5, 0.6) is 0 Å². The van der Waals surface area contributed by atoms with Crippen molar-refractivity contribution in [2.24, 2.45) is 5.73 Å². The van der Waals surface area contributed by atoms with E-state index in [2.05, 4.69) is 33.2 Å². The lowest BCUT2D eigenvalue weighted by Gasteiger charge is -2.09. The van der Waals surface area contributed by atoms with E-state index in [0.29, 0.717) is 0 Å². The van der Waals surface area contributed by atoms with Crippen molar-refractivity contribution < 1.29 is 4.79 Å². The Morgan fingerprint density at radius 1 is 1.29 bits per heavy atom. The van der Waals surface area contributed by atoms with Gasteiger partial charge in [0.1, 0.15) is 11.1 Å². The van der Waals surface area contributed by atoms with Crippen LogP contribution >= 0.6 is 27.7 Å². The van der Waals surface area contributed by atoms with E-state index in [1.54, 1.807) is 11.8 Å². The van der Waals surface area contributed by atoms with E-state index in [9.17, 15) is 4.79 Å².